The van der Waals surface area contributed by atoms with Gasteiger partial charge < -0.3 is 14.7 Å². The molecule has 0 radical (unpaired) electrons. The van der Waals surface area contributed by atoms with Crippen LogP contribution in [-0.2, 0) is 4.79 Å². The van der Waals surface area contributed by atoms with E-state index < -0.39 is 0 Å². The van der Waals surface area contributed by atoms with Gasteiger partial charge in [-0.3, -0.25) is 9.59 Å². The van der Waals surface area contributed by atoms with Gasteiger partial charge in [-0.15, -0.1) is 0 Å². The summed E-state index contributed by atoms with van der Waals surface area (Å²) < 4.78 is 6.05. The quantitative estimate of drug-likeness (QED) is 0.648. The SMILES string of the molecule is Cc1noc(-c2ccc(C(=O)N(C)CC(=O)Nc3ccc(Br)cc3C)cc2)n1. The first-order valence-corrected chi connectivity index (χ1v) is 9.35. The maximum Gasteiger partial charge on any atom is 0.257 e. The Balaban J connectivity index is 1.62. The Morgan fingerprint density at radius 3 is 2.46 bits per heavy atom. The summed E-state index contributed by atoms with van der Waals surface area (Å²) in [6.45, 7) is 3.58. The molecule has 1 N–H and O–H groups in total. The molecule has 1 heterocycles. The molecule has 0 saturated carbocycles. The van der Waals surface area contributed by atoms with Crippen molar-refractivity contribution in [1.82, 2.24) is 15.0 Å². The third-order valence-corrected chi connectivity index (χ3v) is 4.59. The molecule has 0 spiro atoms. The van der Waals surface area contributed by atoms with Crippen molar-refractivity contribution in [2.75, 3.05) is 18.9 Å². The average molecular weight is 443 g/mol. The van der Waals surface area contributed by atoms with Crippen molar-refractivity contribution in [2.24, 2.45) is 0 Å². The molecule has 3 aromatic rings. The van der Waals surface area contributed by atoms with Gasteiger partial charge in [-0.1, -0.05) is 21.1 Å². The lowest BCUT2D eigenvalue weighted by molar-refractivity contribution is -0.116. The zero-order chi connectivity index (χ0) is 20.3. The molecule has 0 aliphatic carbocycles. The molecule has 7 nitrogen and oxygen atoms in total. The van der Waals surface area contributed by atoms with E-state index in [0.717, 1.165) is 15.6 Å². The van der Waals surface area contributed by atoms with Gasteiger partial charge in [0.2, 0.25) is 5.91 Å². The van der Waals surface area contributed by atoms with Gasteiger partial charge >= 0.3 is 0 Å². The fourth-order valence-corrected chi connectivity index (χ4v) is 3.11. The molecule has 144 valence electrons. The maximum atomic E-state index is 12.6. The second-order valence-electron chi connectivity index (χ2n) is 6.39. The van der Waals surface area contributed by atoms with Gasteiger partial charge in [-0.2, -0.15) is 4.98 Å². The van der Waals surface area contributed by atoms with Crippen molar-refractivity contribution in [2.45, 2.75) is 13.8 Å². The number of nitrogens with zero attached hydrogens (tertiary/aromatic N) is 3. The van der Waals surface area contributed by atoms with Crippen LogP contribution in [0.25, 0.3) is 11.5 Å². The number of rotatable bonds is 5. The number of anilines is 1. The van der Waals surface area contributed by atoms with Crippen LogP contribution in [-0.4, -0.2) is 40.4 Å². The second kappa shape index (κ2) is 8.35. The fraction of sp³-hybridized carbons (Fsp3) is 0.200. The van der Waals surface area contributed by atoms with E-state index in [0.29, 0.717) is 23.0 Å². The molecule has 2 aromatic carbocycles. The van der Waals surface area contributed by atoms with Crippen LogP contribution in [0.4, 0.5) is 5.69 Å². The molecule has 0 unspecified atom stereocenters. The molecule has 0 atom stereocenters. The lowest BCUT2D eigenvalue weighted by Gasteiger charge is -2.17. The number of carbonyl (C=O) groups is 2. The van der Waals surface area contributed by atoms with E-state index in [-0.39, 0.29) is 18.4 Å². The van der Waals surface area contributed by atoms with Crippen LogP contribution in [0.3, 0.4) is 0 Å². The zero-order valence-corrected chi connectivity index (χ0v) is 17.3. The van der Waals surface area contributed by atoms with Gasteiger partial charge in [0, 0.05) is 28.3 Å². The molecular formula is C20H19BrN4O3. The molecule has 0 aliphatic heterocycles. The number of aryl methyl sites for hydroxylation is 2. The summed E-state index contributed by atoms with van der Waals surface area (Å²) in [7, 11) is 1.59. The molecule has 3 rings (SSSR count). The number of hydrogen-bond donors (Lipinski definition) is 1. The Bertz CT molecular complexity index is 1010. The minimum atomic E-state index is -0.265. The number of likely N-dealkylation sites (N-methyl/N-ethyl adjacent to an activating group) is 1. The topological polar surface area (TPSA) is 88.3 Å². The molecule has 0 aliphatic rings. The molecule has 8 heteroatoms. The Labute approximate surface area is 170 Å². The predicted octanol–water partition coefficient (Wildman–Crippen LogP) is 3.83. The maximum absolute atomic E-state index is 12.6. The minimum Gasteiger partial charge on any atom is -0.334 e. The van der Waals surface area contributed by atoms with Gasteiger partial charge in [-0.05, 0) is 61.9 Å². The third-order valence-electron chi connectivity index (χ3n) is 4.10. The molecule has 0 saturated heterocycles. The van der Waals surface area contributed by atoms with Gasteiger partial charge in [0.15, 0.2) is 5.82 Å². The zero-order valence-electron chi connectivity index (χ0n) is 15.7. The highest BCUT2D eigenvalue weighted by atomic mass is 79.9. The lowest BCUT2D eigenvalue weighted by atomic mass is 10.1. The van der Waals surface area contributed by atoms with Crippen molar-refractivity contribution in [3.05, 3.63) is 63.9 Å². The number of aromatic nitrogens is 2. The number of amides is 2. The molecule has 2 amide bonds. The number of benzene rings is 2. The lowest BCUT2D eigenvalue weighted by Crippen LogP contribution is -2.35. The summed E-state index contributed by atoms with van der Waals surface area (Å²) in [5.74, 6) is 0.422. The number of halogens is 1. The van der Waals surface area contributed by atoms with E-state index in [4.69, 9.17) is 4.52 Å². The van der Waals surface area contributed by atoms with E-state index >= 15 is 0 Å². The Morgan fingerprint density at radius 1 is 1.14 bits per heavy atom. The van der Waals surface area contributed by atoms with Crippen LogP contribution >= 0.6 is 15.9 Å². The van der Waals surface area contributed by atoms with Gasteiger partial charge in [-0.25, -0.2) is 0 Å². The summed E-state index contributed by atoms with van der Waals surface area (Å²) >= 11 is 3.39. The first-order valence-electron chi connectivity index (χ1n) is 8.55. The highest BCUT2D eigenvalue weighted by molar-refractivity contribution is 9.10. The van der Waals surface area contributed by atoms with E-state index in [1.54, 1.807) is 38.2 Å². The van der Waals surface area contributed by atoms with Gasteiger partial charge in [0.25, 0.3) is 11.8 Å². The van der Waals surface area contributed by atoms with Crippen LogP contribution < -0.4 is 5.32 Å². The Morgan fingerprint density at radius 2 is 1.86 bits per heavy atom. The Hall–Kier alpha value is -3.00. The smallest absolute Gasteiger partial charge is 0.257 e. The van der Waals surface area contributed by atoms with Gasteiger partial charge in [0.05, 0.1) is 6.54 Å². The molecule has 1 aromatic heterocycles. The van der Waals surface area contributed by atoms with Crippen LogP contribution in [0.2, 0.25) is 0 Å². The van der Waals surface area contributed by atoms with E-state index in [1.165, 1.54) is 4.90 Å². The number of nitrogens with one attached hydrogen (secondary N) is 1. The molecule has 0 fully saturated rings. The van der Waals surface area contributed by atoms with Crippen molar-refractivity contribution in [1.29, 1.82) is 0 Å². The molecule has 28 heavy (non-hydrogen) atoms. The van der Waals surface area contributed by atoms with Crippen molar-refractivity contribution in [3.63, 3.8) is 0 Å². The predicted molar refractivity (Wildman–Crippen MR) is 109 cm³/mol. The fourth-order valence-electron chi connectivity index (χ4n) is 2.63. The third kappa shape index (κ3) is 4.64. The van der Waals surface area contributed by atoms with Crippen LogP contribution in [0.1, 0.15) is 21.7 Å². The van der Waals surface area contributed by atoms with Crippen molar-refractivity contribution >= 4 is 33.4 Å². The summed E-state index contributed by atoms with van der Waals surface area (Å²) in [6.07, 6.45) is 0. The largest absolute Gasteiger partial charge is 0.334 e. The summed E-state index contributed by atoms with van der Waals surface area (Å²) in [5.41, 5.74) is 2.84. The number of hydrogen-bond acceptors (Lipinski definition) is 5. The van der Waals surface area contributed by atoms with Crippen LogP contribution in [0.15, 0.2) is 51.5 Å². The van der Waals surface area contributed by atoms with E-state index in [2.05, 4.69) is 31.4 Å². The van der Waals surface area contributed by atoms with Crippen LogP contribution in [0.5, 0.6) is 0 Å². The minimum absolute atomic E-state index is 0.0566. The first kappa shape index (κ1) is 19.8. The number of carbonyl (C=O) groups excluding carboxylic acids is 2. The Kier molecular flexibility index (Phi) is 5.89. The normalized spacial score (nSPS) is 10.6. The summed E-state index contributed by atoms with van der Waals surface area (Å²) in [4.78, 5) is 30.4. The average Bonchev–Trinajstić information content (AvgIpc) is 3.10. The summed E-state index contributed by atoms with van der Waals surface area (Å²) in [6, 6.07) is 12.4. The standard InChI is InChI=1S/C20H19BrN4O3/c1-12-10-16(21)8-9-17(12)23-18(26)11-25(3)20(27)15-6-4-14(5-7-15)19-22-13(2)24-28-19/h4-10H,11H2,1-3H3,(H,23,26). The van der Waals surface area contributed by atoms with E-state index in [1.807, 2.05) is 25.1 Å². The molecule has 0 bridgehead atoms. The monoisotopic (exact) mass is 442 g/mol. The van der Waals surface area contributed by atoms with Crippen LogP contribution in [0, 0.1) is 13.8 Å². The van der Waals surface area contributed by atoms with Gasteiger partial charge in [0.1, 0.15) is 0 Å². The van der Waals surface area contributed by atoms with Crippen molar-refractivity contribution in [3.8, 4) is 11.5 Å². The summed E-state index contributed by atoms with van der Waals surface area (Å²) in [5, 5.41) is 6.57. The molecular weight excluding hydrogens is 424 g/mol. The first-order chi connectivity index (χ1) is 13.3. The van der Waals surface area contributed by atoms with Crippen molar-refractivity contribution < 1.29 is 14.1 Å². The second-order valence-corrected chi connectivity index (χ2v) is 7.31. The van der Waals surface area contributed by atoms with E-state index in [9.17, 15) is 9.59 Å². The highest BCUT2D eigenvalue weighted by Crippen LogP contribution is 2.20. The highest BCUT2D eigenvalue weighted by Gasteiger charge is 2.16.